The summed E-state index contributed by atoms with van der Waals surface area (Å²) < 4.78 is 11.6. The lowest BCUT2D eigenvalue weighted by molar-refractivity contribution is -0.118. The molecule has 0 heterocycles. The van der Waals surface area contributed by atoms with Crippen LogP contribution in [0.15, 0.2) is 47.6 Å². The number of benzene rings is 2. The van der Waals surface area contributed by atoms with Gasteiger partial charge in [0, 0.05) is 13.3 Å². The van der Waals surface area contributed by atoms with Crippen LogP contribution in [-0.2, 0) is 4.79 Å². The Morgan fingerprint density at radius 2 is 1.88 bits per heavy atom. The van der Waals surface area contributed by atoms with E-state index in [9.17, 15) is 4.79 Å². The first kappa shape index (κ1) is 18.5. The van der Waals surface area contributed by atoms with Gasteiger partial charge in [0.1, 0.15) is 11.5 Å². The van der Waals surface area contributed by atoms with E-state index >= 15 is 0 Å². The zero-order valence-corrected chi connectivity index (χ0v) is 14.9. The maximum Gasteiger partial charge on any atom is 0.236 e. The van der Waals surface area contributed by atoms with E-state index in [1.165, 1.54) is 18.1 Å². The summed E-state index contributed by atoms with van der Waals surface area (Å²) in [5.74, 6) is 1.49. The Balaban J connectivity index is 1.75. The third-order valence-corrected chi connectivity index (χ3v) is 3.66. The van der Waals surface area contributed by atoms with Crippen molar-refractivity contribution >= 4 is 12.1 Å². The van der Waals surface area contributed by atoms with E-state index in [2.05, 4.69) is 30.4 Å². The molecule has 1 amide bonds. The number of carbonyl (C=O) groups is 1. The Morgan fingerprint density at radius 1 is 1.12 bits per heavy atom. The lowest BCUT2D eigenvalue weighted by atomic mass is 10.1. The second-order valence-corrected chi connectivity index (χ2v) is 5.75. The van der Waals surface area contributed by atoms with Gasteiger partial charge < -0.3 is 9.47 Å². The maximum atomic E-state index is 10.8. The zero-order chi connectivity index (χ0) is 18.1. The standard InChI is InChI=1S/C20H24N2O3/c1-15-7-4-10-20(16(15)2)25-12-6-11-24-19-9-5-8-18(13-19)14-21-22-17(3)23/h4-5,7-10,13-14H,6,11-12H2,1-3H3,(H,22,23)/b21-14+. The highest BCUT2D eigenvalue weighted by Gasteiger charge is 2.01. The van der Waals surface area contributed by atoms with E-state index in [0.717, 1.165) is 23.5 Å². The first-order valence-electron chi connectivity index (χ1n) is 8.28. The Kier molecular flexibility index (Phi) is 7.01. The fraction of sp³-hybridized carbons (Fsp3) is 0.300. The number of hydrogen-bond acceptors (Lipinski definition) is 4. The van der Waals surface area contributed by atoms with Gasteiger partial charge in [0.2, 0.25) is 5.91 Å². The summed E-state index contributed by atoms with van der Waals surface area (Å²) in [4.78, 5) is 10.8. The molecule has 2 aromatic rings. The predicted molar refractivity (Wildman–Crippen MR) is 99.4 cm³/mol. The van der Waals surface area contributed by atoms with Gasteiger partial charge in [-0.25, -0.2) is 5.43 Å². The van der Waals surface area contributed by atoms with Crippen molar-refractivity contribution in [2.45, 2.75) is 27.2 Å². The van der Waals surface area contributed by atoms with Crippen LogP contribution in [0.5, 0.6) is 11.5 Å². The van der Waals surface area contributed by atoms with Crippen molar-refractivity contribution in [3.8, 4) is 11.5 Å². The Bertz CT molecular complexity index is 741. The van der Waals surface area contributed by atoms with Crippen LogP contribution in [0.2, 0.25) is 0 Å². The first-order valence-corrected chi connectivity index (χ1v) is 8.28. The summed E-state index contributed by atoms with van der Waals surface area (Å²) in [6.45, 7) is 6.73. The fourth-order valence-electron chi connectivity index (χ4n) is 2.19. The van der Waals surface area contributed by atoms with Crippen molar-refractivity contribution in [3.05, 3.63) is 59.2 Å². The molecular formula is C20H24N2O3. The molecule has 0 unspecified atom stereocenters. The van der Waals surface area contributed by atoms with Gasteiger partial charge in [-0.05, 0) is 48.7 Å². The summed E-state index contributed by atoms with van der Waals surface area (Å²) in [5, 5.41) is 3.84. The summed E-state index contributed by atoms with van der Waals surface area (Å²) in [6, 6.07) is 13.6. The molecule has 0 bridgehead atoms. The minimum absolute atomic E-state index is 0.201. The molecule has 0 saturated carbocycles. The van der Waals surface area contributed by atoms with Crippen molar-refractivity contribution in [1.29, 1.82) is 0 Å². The average Bonchev–Trinajstić information content (AvgIpc) is 2.58. The van der Waals surface area contributed by atoms with Crippen LogP contribution < -0.4 is 14.9 Å². The SMILES string of the molecule is CC(=O)N/N=C/c1cccc(OCCCOc2cccc(C)c2C)c1. The van der Waals surface area contributed by atoms with Gasteiger partial charge in [0.05, 0.1) is 19.4 Å². The molecule has 0 atom stereocenters. The minimum Gasteiger partial charge on any atom is -0.493 e. The van der Waals surface area contributed by atoms with Crippen molar-refractivity contribution < 1.29 is 14.3 Å². The highest BCUT2D eigenvalue weighted by Crippen LogP contribution is 2.20. The first-order chi connectivity index (χ1) is 12.1. The molecule has 0 radical (unpaired) electrons. The molecule has 1 N–H and O–H groups in total. The summed E-state index contributed by atoms with van der Waals surface area (Å²) >= 11 is 0. The maximum absolute atomic E-state index is 10.8. The van der Waals surface area contributed by atoms with Gasteiger partial charge in [-0.3, -0.25) is 4.79 Å². The highest BCUT2D eigenvalue weighted by molar-refractivity contribution is 5.82. The summed E-state index contributed by atoms with van der Waals surface area (Å²) in [5.41, 5.74) is 5.63. The molecule has 0 aliphatic heterocycles. The Hall–Kier alpha value is -2.82. The van der Waals surface area contributed by atoms with Crippen molar-refractivity contribution in [3.63, 3.8) is 0 Å². The smallest absolute Gasteiger partial charge is 0.236 e. The lowest BCUT2D eigenvalue weighted by Crippen LogP contribution is -2.12. The number of ether oxygens (including phenoxy) is 2. The van der Waals surface area contributed by atoms with Gasteiger partial charge in [-0.2, -0.15) is 5.10 Å². The number of nitrogens with zero attached hydrogens (tertiary/aromatic N) is 1. The molecule has 132 valence electrons. The van der Waals surface area contributed by atoms with Gasteiger partial charge in [-0.15, -0.1) is 0 Å². The average molecular weight is 340 g/mol. The van der Waals surface area contributed by atoms with E-state index in [-0.39, 0.29) is 5.91 Å². The molecule has 5 heteroatoms. The zero-order valence-electron chi connectivity index (χ0n) is 14.9. The van der Waals surface area contributed by atoms with Crippen LogP contribution in [0.25, 0.3) is 0 Å². The van der Waals surface area contributed by atoms with Gasteiger partial charge >= 0.3 is 0 Å². The van der Waals surface area contributed by atoms with Crippen LogP contribution in [0, 0.1) is 13.8 Å². The third-order valence-electron chi connectivity index (χ3n) is 3.66. The van der Waals surface area contributed by atoms with Gasteiger partial charge in [-0.1, -0.05) is 24.3 Å². The summed E-state index contributed by atoms with van der Waals surface area (Å²) in [7, 11) is 0. The fourth-order valence-corrected chi connectivity index (χ4v) is 2.19. The Labute approximate surface area is 148 Å². The topological polar surface area (TPSA) is 59.9 Å². The van der Waals surface area contributed by atoms with Crippen LogP contribution in [-0.4, -0.2) is 25.3 Å². The highest BCUT2D eigenvalue weighted by atomic mass is 16.5. The lowest BCUT2D eigenvalue weighted by Gasteiger charge is -2.11. The van der Waals surface area contributed by atoms with Crippen LogP contribution in [0.3, 0.4) is 0 Å². The molecule has 0 aliphatic carbocycles. The van der Waals surface area contributed by atoms with E-state index < -0.39 is 0 Å². The van der Waals surface area contributed by atoms with E-state index in [1.807, 2.05) is 36.4 Å². The number of carbonyl (C=O) groups excluding carboxylic acids is 1. The molecule has 2 rings (SSSR count). The van der Waals surface area contributed by atoms with Crippen LogP contribution >= 0.6 is 0 Å². The van der Waals surface area contributed by atoms with Crippen LogP contribution in [0.1, 0.15) is 30.0 Å². The third kappa shape index (κ3) is 6.30. The molecule has 5 nitrogen and oxygen atoms in total. The number of aryl methyl sites for hydroxylation is 1. The van der Waals surface area contributed by atoms with Crippen molar-refractivity contribution in [2.75, 3.05) is 13.2 Å². The molecule has 0 aliphatic rings. The van der Waals surface area contributed by atoms with Gasteiger partial charge in [0.25, 0.3) is 0 Å². The molecule has 0 fully saturated rings. The monoisotopic (exact) mass is 340 g/mol. The molecule has 0 aromatic heterocycles. The van der Waals surface area contributed by atoms with Crippen molar-refractivity contribution in [2.24, 2.45) is 5.10 Å². The van der Waals surface area contributed by atoms with E-state index in [4.69, 9.17) is 9.47 Å². The predicted octanol–water partition coefficient (Wildman–Crippen LogP) is 3.62. The van der Waals surface area contributed by atoms with E-state index in [0.29, 0.717) is 13.2 Å². The second kappa shape index (κ2) is 9.47. The molecule has 0 spiro atoms. The molecule has 0 saturated heterocycles. The Morgan fingerprint density at radius 3 is 2.68 bits per heavy atom. The number of hydrogen-bond donors (Lipinski definition) is 1. The minimum atomic E-state index is -0.201. The summed E-state index contributed by atoms with van der Waals surface area (Å²) in [6.07, 6.45) is 2.37. The van der Waals surface area contributed by atoms with E-state index in [1.54, 1.807) is 6.21 Å². The second-order valence-electron chi connectivity index (χ2n) is 5.75. The molecule has 25 heavy (non-hydrogen) atoms. The van der Waals surface area contributed by atoms with Gasteiger partial charge in [0.15, 0.2) is 0 Å². The number of rotatable bonds is 8. The number of amides is 1. The normalized spacial score (nSPS) is 10.7. The largest absolute Gasteiger partial charge is 0.493 e. The number of nitrogens with one attached hydrogen (secondary N) is 1. The molecule has 2 aromatic carbocycles. The van der Waals surface area contributed by atoms with Crippen LogP contribution in [0.4, 0.5) is 0 Å². The molecular weight excluding hydrogens is 316 g/mol. The quantitative estimate of drug-likeness (QED) is 0.453. The van der Waals surface area contributed by atoms with Crippen molar-refractivity contribution in [1.82, 2.24) is 5.43 Å². The number of hydrazone groups is 1.